The Morgan fingerprint density at radius 3 is 2.33 bits per heavy atom. The van der Waals surface area contributed by atoms with Gasteiger partial charge in [-0.2, -0.15) is 0 Å². The van der Waals surface area contributed by atoms with E-state index in [-0.39, 0.29) is 21.3 Å². The number of anilines is 1. The molecular formula is C22H24ClN3O3S. The van der Waals surface area contributed by atoms with Crippen molar-refractivity contribution in [1.29, 1.82) is 0 Å². The third-order valence-electron chi connectivity index (χ3n) is 4.71. The van der Waals surface area contributed by atoms with E-state index in [1.165, 1.54) is 6.33 Å². The summed E-state index contributed by atoms with van der Waals surface area (Å²) in [6.45, 7) is 6.21. The van der Waals surface area contributed by atoms with Crippen LogP contribution < -0.4 is 9.46 Å². The fourth-order valence-electron chi connectivity index (χ4n) is 3.00. The number of methoxy groups -OCH3 is 1. The van der Waals surface area contributed by atoms with Gasteiger partial charge >= 0.3 is 0 Å². The summed E-state index contributed by atoms with van der Waals surface area (Å²) < 4.78 is 33.9. The van der Waals surface area contributed by atoms with Crippen LogP contribution >= 0.6 is 11.6 Å². The predicted molar refractivity (Wildman–Crippen MR) is 119 cm³/mol. The van der Waals surface area contributed by atoms with E-state index in [0.717, 1.165) is 11.1 Å². The molecule has 0 bridgehead atoms. The van der Waals surface area contributed by atoms with Gasteiger partial charge in [-0.1, -0.05) is 62.7 Å². The largest absolute Gasteiger partial charge is 0.496 e. The van der Waals surface area contributed by atoms with Crippen molar-refractivity contribution < 1.29 is 13.2 Å². The predicted octanol–water partition coefficient (Wildman–Crippen LogP) is 4.83. The van der Waals surface area contributed by atoms with Gasteiger partial charge in [-0.05, 0) is 34.7 Å². The number of aromatic nitrogens is 2. The van der Waals surface area contributed by atoms with Gasteiger partial charge in [0.1, 0.15) is 23.0 Å². The second-order valence-corrected chi connectivity index (χ2v) is 9.90. The molecule has 0 aliphatic carbocycles. The number of nitrogens with one attached hydrogen (secondary N) is 1. The maximum absolute atomic E-state index is 13.0. The summed E-state index contributed by atoms with van der Waals surface area (Å²) in [5.41, 5.74) is 2.28. The van der Waals surface area contributed by atoms with E-state index in [4.69, 9.17) is 16.3 Å². The Morgan fingerprint density at radius 2 is 1.70 bits per heavy atom. The molecule has 0 unspecified atom stereocenters. The highest BCUT2D eigenvalue weighted by Crippen LogP contribution is 2.29. The zero-order chi connectivity index (χ0) is 21.9. The normalized spacial score (nSPS) is 11.9. The topological polar surface area (TPSA) is 81.2 Å². The summed E-state index contributed by atoms with van der Waals surface area (Å²) in [7, 11) is -2.28. The second kappa shape index (κ2) is 8.62. The summed E-state index contributed by atoms with van der Waals surface area (Å²) in [6.07, 6.45) is 1.54. The standard InChI is InChI=1S/C22H24ClN3O3S/c1-22(2,3)16-9-11-17(12-10-16)30(27,28)26-21-18(20(23)24-14-25-21)13-15-7-5-6-8-19(15)29-4/h5-12,14H,13H2,1-4H3,(H,24,25,26). The lowest BCUT2D eigenvalue weighted by Crippen LogP contribution is -2.17. The smallest absolute Gasteiger partial charge is 0.263 e. The Morgan fingerprint density at radius 1 is 1.03 bits per heavy atom. The third-order valence-corrected chi connectivity index (χ3v) is 6.39. The molecule has 0 saturated heterocycles. The fraction of sp³-hybridized carbons (Fsp3) is 0.273. The number of benzene rings is 2. The van der Waals surface area contributed by atoms with Gasteiger partial charge in [-0.3, -0.25) is 4.72 Å². The third kappa shape index (κ3) is 4.91. The highest BCUT2D eigenvalue weighted by Gasteiger charge is 2.21. The van der Waals surface area contributed by atoms with Gasteiger partial charge in [0, 0.05) is 12.0 Å². The van der Waals surface area contributed by atoms with Crippen LogP contribution in [0.2, 0.25) is 5.15 Å². The number of para-hydroxylation sites is 1. The van der Waals surface area contributed by atoms with E-state index in [2.05, 4.69) is 35.5 Å². The summed E-state index contributed by atoms with van der Waals surface area (Å²) in [5, 5.41) is 0.177. The molecule has 158 valence electrons. The van der Waals surface area contributed by atoms with Crippen LogP contribution in [0.4, 0.5) is 5.82 Å². The van der Waals surface area contributed by atoms with Crippen molar-refractivity contribution in [2.75, 3.05) is 11.8 Å². The molecule has 3 rings (SSSR count). The first kappa shape index (κ1) is 22.1. The average Bonchev–Trinajstić information content (AvgIpc) is 2.70. The summed E-state index contributed by atoms with van der Waals surface area (Å²) in [4.78, 5) is 8.29. The Balaban J connectivity index is 1.94. The van der Waals surface area contributed by atoms with E-state index < -0.39 is 10.0 Å². The quantitative estimate of drug-likeness (QED) is 0.549. The number of halogens is 1. The fourth-order valence-corrected chi connectivity index (χ4v) is 4.24. The average molecular weight is 446 g/mol. The van der Waals surface area contributed by atoms with Crippen LogP contribution in [0.25, 0.3) is 0 Å². The summed E-state index contributed by atoms with van der Waals surface area (Å²) in [5.74, 6) is 0.810. The molecule has 8 heteroatoms. The summed E-state index contributed by atoms with van der Waals surface area (Å²) in [6, 6.07) is 14.2. The molecular weight excluding hydrogens is 422 g/mol. The Kier molecular flexibility index (Phi) is 6.33. The van der Waals surface area contributed by atoms with Gasteiger partial charge in [-0.15, -0.1) is 0 Å². The first-order valence-electron chi connectivity index (χ1n) is 9.36. The van der Waals surface area contributed by atoms with Gasteiger partial charge in [0.15, 0.2) is 0 Å². The van der Waals surface area contributed by atoms with Crippen LogP contribution in [0.5, 0.6) is 5.75 Å². The zero-order valence-electron chi connectivity index (χ0n) is 17.3. The minimum Gasteiger partial charge on any atom is -0.496 e. The molecule has 0 spiro atoms. The molecule has 0 amide bonds. The van der Waals surface area contributed by atoms with Crippen molar-refractivity contribution in [1.82, 2.24) is 9.97 Å². The maximum atomic E-state index is 13.0. The van der Waals surface area contributed by atoms with E-state index in [0.29, 0.717) is 17.7 Å². The van der Waals surface area contributed by atoms with E-state index in [1.807, 2.05) is 36.4 Å². The van der Waals surface area contributed by atoms with Crippen molar-refractivity contribution >= 4 is 27.4 Å². The van der Waals surface area contributed by atoms with Crippen LogP contribution in [0.3, 0.4) is 0 Å². The number of hydrogen-bond acceptors (Lipinski definition) is 5. The summed E-state index contributed by atoms with van der Waals surface area (Å²) >= 11 is 6.29. The molecule has 1 aromatic heterocycles. The Hall–Kier alpha value is -2.64. The molecule has 0 atom stereocenters. The lowest BCUT2D eigenvalue weighted by Gasteiger charge is -2.19. The Bertz CT molecular complexity index is 1140. The monoisotopic (exact) mass is 445 g/mol. The first-order valence-corrected chi connectivity index (χ1v) is 11.2. The van der Waals surface area contributed by atoms with Gasteiger partial charge in [0.05, 0.1) is 12.0 Å². The number of ether oxygens (including phenoxy) is 1. The minimum atomic E-state index is -3.85. The van der Waals surface area contributed by atoms with Crippen molar-refractivity contribution in [2.45, 2.75) is 37.5 Å². The highest BCUT2D eigenvalue weighted by atomic mass is 35.5. The molecule has 0 aliphatic rings. The molecule has 0 fully saturated rings. The van der Waals surface area contributed by atoms with Crippen molar-refractivity contribution in [3.63, 3.8) is 0 Å². The van der Waals surface area contributed by atoms with Crippen LogP contribution in [-0.4, -0.2) is 25.5 Å². The van der Waals surface area contributed by atoms with Crippen molar-refractivity contribution in [3.8, 4) is 5.75 Å². The van der Waals surface area contributed by atoms with Crippen LogP contribution in [0.1, 0.15) is 37.5 Å². The number of rotatable bonds is 6. The number of sulfonamides is 1. The lowest BCUT2D eigenvalue weighted by atomic mass is 9.87. The molecule has 6 nitrogen and oxygen atoms in total. The van der Waals surface area contributed by atoms with Crippen molar-refractivity contribution in [3.05, 3.63) is 76.7 Å². The Labute approximate surface area is 182 Å². The lowest BCUT2D eigenvalue weighted by molar-refractivity contribution is 0.410. The maximum Gasteiger partial charge on any atom is 0.263 e. The van der Waals surface area contributed by atoms with Crippen LogP contribution in [-0.2, 0) is 21.9 Å². The van der Waals surface area contributed by atoms with Gasteiger partial charge in [0.2, 0.25) is 0 Å². The molecule has 0 saturated carbocycles. The van der Waals surface area contributed by atoms with Crippen LogP contribution in [0.15, 0.2) is 59.8 Å². The van der Waals surface area contributed by atoms with E-state index >= 15 is 0 Å². The number of hydrogen-bond donors (Lipinski definition) is 1. The zero-order valence-corrected chi connectivity index (χ0v) is 18.9. The van der Waals surface area contributed by atoms with E-state index in [1.54, 1.807) is 19.2 Å². The minimum absolute atomic E-state index is 0.0716. The first-order chi connectivity index (χ1) is 14.1. The van der Waals surface area contributed by atoms with E-state index in [9.17, 15) is 8.42 Å². The van der Waals surface area contributed by atoms with Crippen LogP contribution in [0, 0.1) is 0 Å². The highest BCUT2D eigenvalue weighted by molar-refractivity contribution is 7.92. The molecule has 1 N–H and O–H groups in total. The van der Waals surface area contributed by atoms with Gasteiger partial charge < -0.3 is 4.74 Å². The van der Waals surface area contributed by atoms with Gasteiger partial charge in [0.25, 0.3) is 10.0 Å². The molecule has 0 radical (unpaired) electrons. The molecule has 3 aromatic rings. The molecule has 30 heavy (non-hydrogen) atoms. The SMILES string of the molecule is COc1ccccc1Cc1c(Cl)ncnc1NS(=O)(=O)c1ccc(C(C)(C)C)cc1. The van der Waals surface area contributed by atoms with Gasteiger partial charge in [-0.25, -0.2) is 18.4 Å². The second-order valence-electron chi connectivity index (χ2n) is 7.86. The van der Waals surface area contributed by atoms with Crippen molar-refractivity contribution in [2.24, 2.45) is 0 Å². The molecule has 0 aliphatic heterocycles. The number of nitrogens with zero attached hydrogens (tertiary/aromatic N) is 2. The molecule has 2 aromatic carbocycles. The molecule has 1 heterocycles.